The third-order valence-electron chi connectivity index (χ3n) is 2.40. The van der Waals surface area contributed by atoms with E-state index >= 15 is 0 Å². The van der Waals surface area contributed by atoms with Crippen LogP contribution in [0.4, 0.5) is 0 Å². The van der Waals surface area contributed by atoms with E-state index in [2.05, 4.69) is 0 Å². The monoisotopic (exact) mass is 246 g/mol. The molecule has 0 radical (unpaired) electrons. The summed E-state index contributed by atoms with van der Waals surface area (Å²) in [6, 6.07) is -0.438. The first-order chi connectivity index (χ1) is 7.56. The van der Waals surface area contributed by atoms with Crippen molar-refractivity contribution in [2.45, 2.75) is 25.8 Å². The molecule has 1 aliphatic heterocycles. The van der Waals surface area contributed by atoms with Gasteiger partial charge in [-0.15, -0.1) is 0 Å². The number of nitro groups is 1. The average molecular weight is 246 g/mol. The Morgan fingerprint density at radius 3 is 2.94 bits per heavy atom. The minimum atomic E-state index is -0.483. The Morgan fingerprint density at radius 2 is 2.38 bits per heavy atom. The van der Waals surface area contributed by atoms with Crippen molar-refractivity contribution in [3.63, 3.8) is 0 Å². The van der Waals surface area contributed by atoms with E-state index in [1.54, 1.807) is 11.8 Å². The van der Waals surface area contributed by atoms with E-state index in [1.807, 2.05) is 0 Å². The molecule has 0 saturated carbocycles. The maximum absolute atomic E-state index is 11.6. The van der Waals surface area contributed by atoms with Gasteiger partial charge in [-0.3, -0.25) is 10.1 Å². The van der Waals surface area contributed by atoms with Gasteiger partial charge in [-0.1, -0.05) is 12.2 Å². The van der Waals surface area contributed by atoms with Gasteiger partial charge in [0.05, 0.1) is 6.61 Å². The van der Waals surface area contributed by atoms with E-state index in [0.29, 0.717) is 19.6 Å². The molecule has 16 heavy (non-hydrogen) atoms. The second kappa shape index (κ2) is 5.74. The lowest BCUT2D eigenvalue weighted by atomic mass is 10.2. The van der Waals surface area contributed by atoms with Gasteiger partial charge in [0.25, 0.3) is 6.54 Å². The number of hydrogen-bond acceptors (Lipinski definition) is 5. The van der Waals surface area contributed by atoms with E-state index in [-0.39, 0.29) is 11.0 Å². The van der Waals surface area contributed by atoms with Crippen molar-refractivity contribution in [2.24, 2.45) is 0 Å². The van der Waals surface area contributed by atoms with Crippen molar-refractivity contribution in [1.29, 1.82) is 0 Å². The Bertz CT molecular complexity index is 308. The molecule has 1 saturated heterocycles. The van der Waals surface area contributed by atoms with Gasteiger partial charge in [-0.05, 0) is 19.8 Å². The Morgan fingerprint density at radius 1 is 1.69 bits per heavy atom. The van der Waals surface area contributed by atoms with Crippen LogP contribution in [0.2, 0.25) is 0 Å². The van der Waals surface area contributed by atoms with Crippen LogP contribution in [0.1, 0.15) is 19.8 Å². The van der Waals surface area contributed by atoms with Crippen LogP contribution in [0.25, 0.3) is 0 Å². The van der Waals surface area contributed by atoms with E-state index < -0.39 is 17.5 Å². The molecule has 1 atom stereocenters. The summed E-state index contributed by atoms with van der Waals surface area (Å²) in [5.41, 5.74) is 0. The smallest absolute Gasteiger partial charge is 0.328 e. The zero-order valence-corrected chi connectivity index (χ0v) is 9.87. The van der Waals surface area contributed by atoms with Crippen LogP contribution in [-0.2, 0) is 9.53 Å². The molecule has 1 rings (SSSR count). The number of hydrogen-bond donors (Lipinski definition) is 0. The molecule has 0 aromatic carbocycles. The second-order valence-corrected chi connectivity index (χ2v) is 3.96. The van der Waals surface area contributed by atoms with Crippen molar-refractivity contribution >= 4 is 23.2 Å². The SMILES string of the molecule is CCOC(=O)[C@@H]1CCCN1C(=S)C[N+](=O)[O-]. The van der Waals surface area contributed by atoms with Crippen LogP contribution in [0.3, 0.4) is 0 Å². The zero-order valence-electron chi connectivity index (χ0n) is 9.05. The Kier molecular flexibility index (Phi) is 4.60. The van der Waals surface area contributed by atoms with Crippen molar-refractivity contribution < 1.29 is 14.5 Å². The Labute approximate surface area is 98.7 Å². The van der Waals surface area contributed by atoms with Crippen LogP contribution in [0.5, 0.6) is 0 Å². The number of thiocarbonyl (C=S) groups is 1. The molecule has 1 fully saturated rings. The lowest BCUT2D eigenvalue weighted by Gasteiger charge is -2.23. The highest BCUT2D eigenvalue weighted by Crippen LogP contribution is 2.19. The molecule has 0 aromatic heterocycles. The molecular weight excluding hydrogens is 232 g/mol. The minimum Gasteiger partial charge on any atom is -0.464 e. The number of esters is 1. The van der Waals surface area contributed by atoms with Gasteiger partial charge >= 0.3 is 5.97 Å². The number of nitrogens with zero attached hydrogens (tertiary/aromatic N) is 2. The first-order valence-electron chi connectivity index (χ1n) is 5.14. The molecule has 0 aliphatic carbocycles. The summed E-state index contributed by atoms with van der Waals surface area (Å²) in [6.45, 7) is 2.24. The van der Waals surface area contributed by atoms with Gasteiger partial charge in [-0.2, -0.15) is 0 Å². The van der Waals surface area contributed by atoms with Gasteiger partial charge in [0.1, 0.15) is 6.04 Å². The molecule has 7 heteroatoms. The first kappa shape index (κ1) is 12.8. The second-order valence-electron chi connectivity index (χ2n) is 3.49. The zero-order chi connectivity index (χ0) is 12.1. The molecule has 1 heterocycles. The molecule has 0 bridgehead atoms. The van der Waals surface area contributed by atoms with E-state index in [9.17, 15) is 14.9 Å². The summed E-state index contributed by atoms with van der Waals surface area (Å²) >= 11 is 4.95. The topological polar surface area (TPSA) is 72.7 Å². The summed E-state index contributed by atoms with van der Waals surface area (Å²) in [5, 5.41) is 10.3. The highest BCUT2D eigenvalue weighted by molar-refractivity contribution is 7.80. The first-order valence-corrected chi connectivity index (χ1v) is 5.55. The predicted octanol–water partition coefficient (Wildman–Crippen LogP) is 0.618. The lowest BCUT2D eigenvalue weighted by molar-refractivity contribution is -0.463. The molecule has 0 N–H and O–H groups in total. The molecule has 6 nitrogen and oxygen atoms in total. The van der Waals surface area contributed by atoms with Gasteiger partial charge in [0, 0.05) is 11.5 Å². The quantitative estimate of drug-likeness (QED) is 0.313. The van der Waals surface area contributed by atoms with E-state index in [0.717, 1.165) is 6.42 Å². The largest absolute Gasteiger partial charge is 0.464 e. The van der Waals surface area contributed by atoms with E-state index in [1.165, 1.54) is 0 Å². The van der Waals surface area contributed by atoms with Crippen molar-refractivity contribution in [3.05, 3.63) is 10.1 Å². The number of likely N-dealkylation sites (tertiary alicyclic amines) is 1. The maximum atomic E-state index is 11.6. The maximum Gasteiger partial charge on any atom is 0.328 e. The van der Waals surface area contributed by atoms with Crippen molar-refractivity contribution in [1.82, 2.24) is 4.90 Å². The minimum absolute atomic E-state index is 0.209. The molecule has 0 unspecified atom stereocenters. The Hall–Kier alpha value is -1.24. The van der Waals surface area contributed by atoms with Crippen LogP contribution in [-0.4, -0.2) is 46.5 Å². The summed E-state index contributed by atoms with van der Waals surface area (Å²) in [6.07, 6.45) is 1.46. The van der Waals surface area contributed by atoms with Crippen LogP contribution in [0, 0.1) is 10.1 Å². The van der Waals surface area contributed by atoms with Crippen molar-refractivity contribution in [3.8, 4) is 0 Å². The highest BCUT2D eigenvalue weighted by Gasteiger charge is 2.34. The Balaban J connectivity index is 2.61. The summed E-state index contributed by atoms with van der Waals surface area (Å²) in [5.74, 6) is -0.342. The summed E-state index contributed by atoms with van der Waals surface area (Å²) < 4.78 is 4.90. The van der Waals surface area contributed by atoms with Crippen LogP contribution < -0.4 is 0 Å². The van der Waals surface area contributed by atoms with Crippen molar-refractivity contribution in [2.75, 3.05) is 19.7 Å². The van der Waals surface area contributed by atoms with Gasteiger partial charge < -0.3 is 9.64 Å². The molecule has 0 amide bonds. The molecule has 0 spiro atoms. The fourth-order valence-electron chi connectivity index (χ4n) is 1.75. The number of rotatable bonds is 4. The van der Waals surface area contributed by atoms with Gasteiger partial charge in [-0.25, -0.2) is 4.79 Å². The van der Waals surface area contributed by atoms with Crippen LogP contribution in [0.15, 0.2) is 0 Å². The third-order valence-corrected chi connectivity index (χ3v) is 2.76. The highest BCUT2D eigenvalue weighted by atomic mass is 32.1. The van der Waals surface area contributed by atoms with Gasteiger partial charge in [0.15, 0.2) is 4.99 Å². The standard InChI is InChI=1S/C9H14N2O4S/c1-2-15-9(12)7-4-3-5-10(7)8(16)6-11(13)14/h7H,2-6H2,1H3/t7-/m0/s1. The summed E-state index contributed by atoms with van der Waals surface area (Å²) in [4.78, 5) is 23.2. The van der Waals surface area contributed by atoms with Crippen LogP contribution >= 0.6 is 12.2 Å². The fraction of sp³-hybridized carbons (Fsp3) is 0.778. The molecule has 1 aliphatic rings. The normalized spacial score (nSPS) is 19.6. The average Bonchev–Trinajstić information content (AvgIpc) is 2.65. The predicted molar refractivity (Wildman–Crippen MR) is 60.8 cm³/mol. The number of ether oxygens (including phenoxy) is 1. The van der Waals surface area contributed by atoms with E-state index in [4.69, 9.17) is 17.0 Å². The number of carbonyl (C=O) groups excluding carboxylic acids is 1. The molecule has 0 aromatic rings. The number of carbonyl (C=O) groups is 1. The molecule has 90 valence electrons. The molecular formula is C9H14N2O4S. The van der Waals surface area contributed by atoms with Gasteiger partial charge in [0.2, 0.25) is 0 Å². The lowest BCUT2D eigenvalue weighted by Crippen LogP contribution is -2.43. The fourth-order valence-corrected chi connectivity index (χ4v) is 2.07. The summed E-state index contributed by atoms with van der Waals surface area (Å²) in [7, 11) is 0. The third kappa shape index (κ3) is 3.13.